The van der Waals surface area contributed by atoms with Gasteiger partial charge in [-0.05, 0) is 44.0 Å². The highest BCUT2D eigenvalue weighted by atomic mass is 32.2. The van der Waals surface area contributed by atoms with E-state index in [0.29, 0.717) is 17.7 Å². The first kappa shape index (κ1) is 17.7. The first-order chi connectivity index (χ1) is 13.2. The second-order valence-electron chi connectivity index (χ2n) is 6.26. The quantitative estimate of drug-likeness (QED) is 0.434. The fourth-order valence-corrected chi connectivity index (χ4v) is 3.48. The Labute approximate surface area is 161 Å². The van der Waals surface area contributed by atoms with Gasteiger partial charge in [-0.3, -0.25) is 0 Å². The smallest absolute Gasteiger partial charge is 0.276 e. The summed E-state index contributed by atoms with van der Waals surface area (Å²) in [5.74, 6) is 3.66. The molecule has 0 amide bonds. The lowest BCUT2D eigenvalue weighted by molar-refractivity contribution is 0.173. The maximum atomic E-state index is 5.78. The summed E-state index contributed by atoms with van der Waals surface area (Å²) in [6, 6.07) is 11.8. The molecular weight excluding hydrogens is 364 g/mol. The van der Waals surface area contributed by atoms with Crippen LogP contribution in [0.25, 0.3) is 11.5 Å². The number of rotatable bonds is 7. The van der Waals surface area contributed by atoms with E-state index in [2.05, 4.69) is 23.2 Å². The Morgan fingerprint density at radius 3 is 2.81 bits per heavy atom. The molecule has 1 aliphatic rings. The van der Waals surface area contributed by atoms with Crippen LogP contribution in [0.4, 0.5) is 0 Å². The number of hydrogen-bond donors (Lipinski definition) is 0. The molecule has 1 aromatic heterocycles. The Morgan fingerprint density at radius 2 is 1.93 bits per heavy atom. The summed E-state index contributed by atoms with van der Waals surface area (Å²) in [4.78, 5) is 0. The third-order valence-corrected chi connectivity index (χ3v) is 5.05. The highest BCUT2D eigenvalue weighted by molar-refractivity contribution is 7.99. The van der Waals surface area contributed by atoms with Crippen molar-refractivity contribution in [3.63, 3.8) is 0 Å². The topological polar surface area (TPSA) is 66.6 Å². The van der Waals surface area contributed by atoms with Crippen LogP contribution >= 0.6 is 11.8 Å². The Bertz CT molecular complexity index is 941. The van der Waals surface area contributed by atoms with Gasteiger partial charge in [0.25, 0.3) is 5.22 Å². The number of fused-ring (bicyclic) bond motifs is 1. The molecule has 0 saturated heterocycles. The zero-order valence-electron chi connectivity index (χ0n) is 15.2. The van der Waals surface area contributed by atoms with Crippen molar-refractivity contribution in [3.8, 4) is 28.7 Å². The zero-order valence-corrected chi connectivity index (χ0v) is 16.0. The van der Waals surface area contributed by atoms with Gasteiger partial charge >= 0.3 is 0 Å². The van der Waals surface area contributed by atoms with Gasteiger partial charge < -0.3 is 18.6 Å². The number of nitrogens with zero attached hydrogens (tertiary/aromatic N) is 2. The predicted octanol–water partition coefficient (Wildman–Crippen LogP) is 4.64. The first-order valence-electron chi connectivity index (χ1n) is 8.75. The minimum atomic E-state index is 0.268. The van der Waals surface area contributed by atoms with E-state index in [1.807, 2.05) is 37.3 Å². The Morgan fingerprint density at radius 1 is 1.04 bits per heavy atom. The van der Waals surface area contributed by atoms with E-state index in [9.17, 15) is 0 Å². The minimum Gasteiger partial charge on any atom is -0.493 e. The lowest BCUT2D eigenvalue weighted by atomic mass is 10.1. The van der Waals surface area contributed by atoms with Crippen LogP contribution in [0.1, 0.15) is 17.5 Å². The van der Waals surface area contributed by atoms with Crippen molar-refractivity contribution in [2.24, 2.45) is 0 Å². The first-order valence-corrected chi connectivity index (χ1v) is 9.74. The van der Waals surface area contributed by atoms with Crippen molar-refractivity contribution in [2.75, 3.05) is 19.2 Å². The average molecular weight is 384 g/mol. The van der Waals surface area contributed by atoms with Crippen molar-refractivity contribution < 1.29 is 18.6 Å². The van der Waals surface area contributed by atoms with Gasteiger partial charge in [0.15, 0.2) is 11.5 Å². The molecule has 0 spiro atoms. The second kappa shape index (κ2) is 7.92. The normalized spacial score (nSPS) is 12.4. The molecular formula is C20H20N2O4S. The zero-order chi connectivity index (χ0) is 18.6. The van der Waals surface area contributed by atoms with Gasteiger partial charge in [-0.25, -0.2) is 0 Å². The Balaban J connectivity index is 1.24. The van der Waals surface area contributed by atoms with Crippen molar-refractivity contribution in [1.29, 1.82) is 0 Å². The summed E-state index contributed by atoms with van der Waals surface area (Å²) in [5.41, 5.74) is 3.33. The van der Waals surface area contributed by atoms with E-state index in [0.717, 1.165) is 40.5 Å². The third kappa shape index (κ3) is 4.19. The van der Waals surface area contributed by atoms with Crippen molar-refractivity contribution >= 4 is 11.8 Å². The molecule has 7 heteroatoms. The van der Waals surface area contributed by atoms with Gasteiger partial charge in [-0.15, -0.1) is 10.2 Å². The van der Waals surface area contributed by atoms with E-state index in [4.69, 9.17) is 18.6 Å². The number of thioether (sulfide) groups is 1. The van der Waals surface area contributed by atoms with Gasteiger partial charge in [-0.2, -0.15) is 0 Å². The number of hydrogen-bond acceptors (Lipinski definition) is 7. The van der Waals surface area contributed by atoms with Gasteiger partial charge in [0, 0.05) is 17.4 Å². The molecule has 2 aromatic carbocycles. The average Bonchev–Trinajstić information content (AvgIpc) is 3.30. The highest BCUT2D eigenvalue weighted by Crippen LogP contribution is 2.35. The predicted molar refractivity (Wildman–Crippen MR) is 103 cm³/mol. The number of aromatic nitrogens is 2. The van der Waals surface area contributed by atoms with Crippen molar-refractivity contribution in [1.82, 2.24) is 10.2 Å². The molecule has 0 saturated carbocycles. The summed E-state index contributed by atoms with van der Waals surface area (Å²) >= 11 is 1.54. The van der Waals surface area contributed by atoms with Crippen LogP contribution in [-0.4, -0.2) is 29.4 Å². The van der Waals surface area contributed by atoms with Gasteiger partial charge in [0.05, 0.1) is 6.61 Å². The van der Waals surface area contributed by atoms with Gasteiger partial charge in [0.1, 0.15) is 5.75 Å². The molecule has 6 nitrogen and oxygen atoms in total. The molecule has 0 N–H and O–H groups in total. The molecule has 2 heterocycles. The van der Waals surface area contributed by atoms with Crippen LogP contribution < -0.4 is 14.2 Å². The van der Waals surface area contributed by atoms with E-state index in [1.165, 1.54) is 17.3 Å². The monoisotopic (exact) mass is 384 g/mol. The van der Waals surface area contributed by atoms with Crippen LogP contribution in [0.5, 0.6) is 17.2 Å². The maximum absolute atomic E-state index is 5.78. The van der Waals surface area contributed by atoms with Crippen LogP contribution in [0.2, 0.25) is 0 Å². The summed E-state index contributed by atoms with van der Waals surface area (Å²) < 4.78 is 22.2. The fraction of sp³-hybridized carbons (Fsp3) is 0.300. The third-order valence-electron chi connectivity index (χ3n) is 4.15. The lowest BCUT2D eigenvalue weighted by Crippen LogP contribution is -1.98. The molecule has 0 unspecified atom stereocenters. The molecule has 0 atom stereocenters. The second-order valence-corrected chi connectivity index (χ2v) is 7.30. The molecule has 27 heavy (non-hydrogen) atoms. The largest absolute Gasteiger partial charge is 0.493 e. The summed E-state index contributed by atoms with van der Waals surface area (Å²) in [6.07, 6.45) is 0.861. The van der Waals surface area contributed by atoms with Crippen LogP contribution in [0.3, 0.4) is 0 Å². The standard InChI is InChI=1S/C20H20N2O4S/c1-13-4-6-16(14(2)10-13)19-21-22-20(26-19)27-9-3-8-23-15-5-7-17-18(11-15)25-12-24-17/h4-7,10-11H,3,8-9,12H2,1-2H3. The van der Waals surface area contributed by atoms with Crippen LogP contribution in [0, 0.1) is 13.8 Å². The van der Waals surface area contributed by atoms with Crippen molar-refractivity contribution in [2.45, 2.75) is 25.5 Å². The Kier molecular flexibility index (Phi) is 5.20. The lowest BCUT2D eigenvalue weighted by Gasteiger charge is -2.06. The fourth-order valence-electron chi connectivity index (χ4n) is 2.81. The Hall–Kier alpha value is -2.67. The molecule has 0 aliphatic carbocycles. The summed E-state index contributed by atoms with van der Waals surface area (Å²) in [6.45, 7) is 4.98. The molecule has 0 fully saturated rings. The summed E-state index contributed by atoms with van der Waals surface area (Å²) in [7, 11) is 0. The SMILES string of the molecule is Cc1ccc(-c2nnc(SCCCOc3ccc4c(c3)OCO4)o2)c(C)c1. The minimum absolute atomic E-state index is 0.268. The number of benzene rings is 2. The van der Waals surface area contributed by atoms with Gasteiger partial charge in [-0.1, -0.05) is 29.5 Å². The van der Waals surface area contributed by atoms with E-state index in [-0.39, 0.29) is 6.79 Å². The molecule has 3 aromatic rings. The van der Waals surface area contributed by atoms with Gasteiger partial charge in [0.2, 0.25) is 12.7 Å². The molecule has 4 rings (SSSR count). The molecule has 140 valence electrons. The van der Waals surface area contributed by atoms with Crippen LogP contribution in [-0.2, 0) is 0 Å². The number of ether oxygens (including phenoxy) is 3. The van der Waals surface area contributed by atoms with Crippen molar-refractivity contribution in [3.05, 3.63) is 47.5 Å². The molecule has 0 radical (unpaired) electrons. The van der Waals surface area contributed by atoms with E-state index < -0.39 is 0 Å². The van der Waals surface area contributed by atoms with E-state index >= 15 is 0 Å². The number of aryl methyl sites for hydroxylation is 2. The summed E-state index contributed by atoms with van der Waals surface area (Å²) in [5, 5.41) is 8.87. The molecule has 0 bridgehead atoms. The maximum Gasteiger partial charge on any atom is 0.276 e. The van der Waals surface area contributed by atoms with E-state index in [1.54, 1.807) is 0 Å². The highest BCUT2D eigenvalue weighted by Gasteiger charge is 2.14. The molecule has 1 aliphatic heterocycles. The van der Waals surface area contributed by atoms with Crippen LogP contribution in [0.15, 0.2) is 46.0 Å².